The number of carbonyl (C=O) groups is 1. The summed E-state index contributed by atoms with van der Waals surface area (Å²) in [7, 11) is 1.59. The number of hydrogen-bond donors (Lipinski definition) is 1. The fourth-order valence-corrected chi connectivity index (χ4v) is 2.54. The van der Waals surface area contributed by atoms with Crippen molar-refractivity contribution in [3.63, 3.8) is 0 Å². The number of carboxylic acid groups (broad SMARTS) is 1. The lowest BCUT2D eigenvalue weighted by Gasteiger charge is -2.21. The van der Waals surface area contributed by atoms with Crippen LogP contribution in [0.5, 0.6) is 5.75 Å². The molecule has 1 fully saturated rings. The summed E-state index contributed by atoms with van der Waals surface area (Å²) in [5.41, 5.74) is 1.34. The fraction of sp³-hybridized carbons (Fsp3) is 0.533. The van der Waals surface area contributed by atoms with Crippen molar-refractivity contribution < 1.29 is 14.6 Å². The second-order valence-electron chi connectivity index (χ2n) is 5.02. The van der Waals surface area contributed by atoms with Crippen LogP contribution in [-0.2, 0) is 6.54 Å². The van der Waals surface area contributed by atoms with Crippen LogP contribution in [0.15, 0.2) is 18.2 Å². The molecule has 0 aliphatic carbocycles. The van der Waals surface area contributed by atoms with Gasteiger partial charge in [0.15, 0.2) is 0 Å². The second-order valence-corrected chi connectivity index (χ2v) is 5.02. The Kier molecular flexibility index (Phi) is 4.80. The summed E-state index contributed by atoms with van der Waals surface area (Å²) in [6.07, 6.45) is 5.11. The topological polar surface area (TPSA) is 49.8 Å². The van der Waals surface area contributed by atoms with Crippen molar-refractivity contribution in [2.24, 2.45) is 0 Å². The molecule has 0 saturated carbocycles. The number of carboxylic acids is 1. The minimum absolute atomic E-state index is 0.275. The molecule has 19 heavy (non-hydrogen) atoms. The molecule has 2 rings (SSSR count). The van der Waals surface area contributed by atoms with Gasteiger partial charge in [-0.15, -0.1) is 0 Å². The maximum atomic E-state index is 10.9. The van der Waals surface area contributed by atoms with Crippen LogP contribution < -0.4 is 4.74 Å². The van der Waals surface area contributed by atoms with Crippen molar-refractivity contribution in [1.29, 1.82) is 0 Å². The number of methoxy groups -OCH3 is 1. The zero-order valence-corrected chi connectivity index (χ0v) is 11.4. The van der Waals surface area contributed by atoms with Gasteiger partial charge >= 0.3 is 5.97 Å². The highest BCUT2D eigenvalue weighted by molar-refractivity contribution is 5.88. The molecular formula is C15H21NO3. The minimum Gasteiger partial charge on any atom is -0.496 e. The van der Waals surface area contributed by atoms with Gasteiger partial charge in [-0.25, -0.2) is 4.79 Å². The number of benzene rings is 1. The van der Waals surface area contributed by atoms with Gasteiger partial charge < -0.3 is 9.84 Å². The van der Waals surface area contributed by atoms with E-state index in [0.717, 1.165) is 25.2 Å². The average molecular weight is 263 g/mol. The Hall–Kier alpha value is -1.55. The molecule has 0 bridgehead atoms. The zero-order chi connectivity index (χ0) is 13.7. The van der Waals surface area contributed by atoms with Gasteiger partial charge in [0.25, 0.3) is 0 Å². The fourth-order valence-electron chi connectivity index (χ4n) is 2.54. The lowest BCUT2D eigenvalue weighted by Crippen LogP contribution is -2.24. The quantitative estimate of drug-likeness (QED) is 0.907. The molecule has 0 aromatic heterocycles. The summed E-state index contributed by atoms with van der Waals surface area (Å²) in [4.78, 5) is 13.4. The van der Waals surface area contributed by atoms with Crippen molar-refractivity contribution in [3.8, 4) is 5.75 Å². The number of nitrogens with zero attached hydrogens (tertiary/aromatic N) is 1. The number of aromatic carboxylic acids is 1. The molecule has 1 aliphatic rings. The van der Waals surface area contributed by atoms with Crippen molar-refractivity contribution in [2.45, 2.75) is 32.2 Å². The summed E-state index contributed by atoms with van der Waals surface area (Å²) < 4.78 is 5.32. The smallest absolute Gasteiger partial charge is 0.335 e. The molecule has 0 unspecified atom stereocenters. The van der Waals surface area contributed by atoms with Crippen molar-refractivity contribution in [2.75, 3.05) is 20.2 Å². The van der Waals surface area contributed by atoms with Crippen LogP contribution in [0.2, 0.25) is 0 Å². The molecule has 0 spiro atoms. The SMILES string of the molecule is COc1cc(C(=O)O)ccc1CN1CCCCCC1. The molecule has 1 aromatic carbocycles. The molecule has 4 heteroatoms. The Labute approximate surface area is 114 Å². The first kappa shape index (κ1) is 13.9. The average Bonchev–Trinajstić information content (AvgIpc) is 2.67. The van der Waals surface area contributed by atoms with E-state index in [1.54, 1.807) is 19.2 Å². The van der Waals surface area contributed by atoms with Crippen LogP contribution >= 0.6 is 0 Å². The van der Waals surface area contributed by atoms with Crippen molar-refractivity contribution in [1.82, 2.24) is 4.90 Å². The maximum absolute atomic E-state index is 10.9. The van der Waals surface area contributed by atoms with E-state index >= 15 is 0 Å². The van der Waals surface area contributed by atoms with Gasteiger partial charge in [0.2, 0.25) is 0 Å². The molecule has 104 valence electrons. The third kappa shape index (κ3) is 3.70. The summed E-state index contributed by atoms with van der Waals surface area (Å²) in [5, 5.41) is 8.99. The summed E-state index contributed by atoms with van der Waals surface area (Å²) in [5.74, 6) is -0.247. The largest absolute Gasteiger partial charge is 0.496 e. The van der Waals surface area contributed by atoms with Gasteiger partial charge in [-0.3, -0.25) is 4.90 Å². The number of rotatable bonds is 4. The number of ether oxygens (including phenoxy) is 1. The predicted molar refractivity (Wildman–Crippen MR) is 73.7 cm³/mol. The van der Waals surface area contributed by atoms with Crippen LogP contribution in [0.25, 0.3) is 0 Å². The first-order valence-electron chi connectivity index (χ1n) is 6.83. The summed E-state index contributed by atoms with van der Waals surface area (Å²) >= 11 is 0. The predicted octanol–water partition coefficient (Wildman–Crippen LogP) is 2.77. The zero-order valence-electron chi connectivity index (χ0n) is 11.4. The van der Waals surface area contributed by atoms with Gasteiger partial charge in [-0.2, -0.15) is 0 Å². The molecule has 1 saturated heterocycles. The van der Waals surface area contributed by atoms with E-state index in [-0.39, 0.29) is 5.56 Å². The highest BCUT2D eigenvalue weighted by Crippen LogP contribution is 2.23. The molecule has 1 aliphatic heterocycles. The summed E-state index contributed by atoms with van der Waals surface area (Å²) in [6, 6.07) is 5.13. The van der Waals surface area contributed by atoms with E-state index in [2.05, 4.69) is 4.90 Å². The van der Waals surface area contributed by atoms with E-state index in [1.807, 2.05) is 6.07 Å². The van der Waals surface area contributed by atoms with Crippen molar-refractivity contribution >= 4 is 5.97 Å². The molecule has 4 nitrogen and oxygen atoms in total. The van der Waals surface area contributed by atoms with Crippen LogP contribution in [0.1, 0.15) is 41.6 Å². The maximum Gasteiger partial charge on any atom is 0.335 e. The van der Waals surface area contributed by atoms with Crippen molar-refractivity contribution in [3.05, 3.63) is 29.3 Å². The summed E-state index contributed by atoms with van der Waals surface area (Å²) in [6.45, 7) is 3.07. The Morgan fingerprint density at radius 2 is 1.95 bits per heavy atom. The normalized spacial score (nSPS) is 16.9. The number of hydrogen-bond acceptors (Lipinski definition) is 3. The van der Waals surface area contributed by atoms with Crippen LogP contribution in [0, 0.1) is 0 Å². The second kappa shape index (κ2) is 6.57. The van der Waals surface area contributed by atoms with E-state index in [9.17, 15) is 4.79 Å². The van der Waals surface area contributed by atoms with Crippen LogP contribution in [0.3, 0.4) is 0 Å². The molecule has 1 N–H and O–H groups in total. The minimum atomic E-state index is -0.917. The molecular weight excluding hydrogens is 242 g/mol. The molecule has 0 atom stereocenters. The lowest BCUT2D eigenvalue weighted by atomic mass is 10.1. The molecule has 0 amide bonds. The molecule has 1 aromatic rings. The molecule has 1 heterocycles. The van der Waals surface area contributed by atoms with E-state index < -0.39 is 5.97 Å². The Morgan fingerprint density at radius 3 is 2.53 bits per heavy atom. The van der Waals surface area contributed by atoms with Gasteiger partial charge in [-0.05, 0) is 38.1 Å². The van der Waals surface area contributed by atoms with E-state index in [1.165, 1.54) is 25.7 Å². The van der Waals surface area contributed by atoms with Gasteiger partial charge in [0.1, 0.15) is 5.75 Å². The third-order valence-electron chi connectivity index (χ3n) is 3.63. The Morgan fingerprint density at radius 1 is 1.26 bits per heavy atom. The first-order chi connectivity index (χ1) is 9.20. The third-order valence-corrected chi connectivity index (χ3v) is 3.63. The monoisotopic (exact) mass is 263 g/mol. The van der Waals surface area contributed by atoms with Crippen LogP contribution in [-0.4, -0.2) is 36.2 Å². The van der Waals surface area contributed by atoms with Gasteiger partial charge in [-0.1, -0.05) is 18.9 Å². The van der Waals surface area contributed by atoms with Gasteiger partial charge in [0, 0.05) is 12.1 Å². The molecule has 0 radical (unpaired) electrons. The number of likely N-dealkylation sites (tertiary alicyclic amines) is 1. The Bertz CT molecular complexity index is 437. The van der Waals surface area contributed by atoms with Crippen LogP contribution in [0.4, 0.5) is 0 Å². The highest BCUT2D eigenvalue weighted by atomic mass is 16.5. The first-order valence-corrected chi connectivity index (χ1v) is 6.83. The van der Waals surface area contributed by atoms with E-state index in [0.29, 0.717) is 5.75 Å². The van der Waals surface area contributed by atoms with Gasteiger partial charge in [0.05, 0.1) is 12.7 Å². The van der Waals surface area contributed by atoms with E-state index in [4.69, 9.17) is 9.84 Å². The highest BCUT2D eigenvalue weighted by Gasteiger charge is 2.14. The Balaban J connectivity index is 2.12. The lowest BCUT2D eigenvalue weighted by molar-refractivity contribution is 0.0696. The standard InChI is InChI=1S/C15H21NO3/c1-19-14-10-12(15(17)18)6-7-13(14)11-16-8-4-2-3-5-9-16/h6-7,10H,2-5,8-9,11H2,1H3,(H,17,18).